The van der Waals surface area contributed by atoms with Crippen molar-refractivity contribution in [2.45, 2.75) is 56.0 Å². The first kappa shape index (κ1) is 26.9. The van der Waals surface area contributed by atoms with E-state index in [1.54, 1.807) is 0 Å². The van der Waals surface area contributed by atoms with E-state index in [0.717, 1.165) is 25.3 Å². The molecule has 188 valence electrons. The van der Waals surface area contributed by atoms with Gasteiger partial charge in [0.25, 0.3) is 0 Å². The molecule has 0 saturated heterocycles. The van der Waals surface area contributed by atoms with E-state index in [2.05, 4.69) is 4.74 Å². The highest BCUT2D eigenvalue weighted by atomic mass is 19.3. The Balaban J connectivity index is 2.03. The molecular weight excluding hydrogens is 482 g/mol. The predicted molar refractivity (Wildman–Crippen MR) is 95.2 cm³/mol. The number of carboxylic acids is 1. The van der Waals surface area contributed by atoms with Crippen molar-refractivity contribution in [3.05, 3.63) is 29.8 Å². The lowest BCUT2D eigenvalue weighted by molar-refractivity contribution is -0.366. The highest BCUT2D eigenvalue weighted by Crippen LogP contribution is 2.46. The Labute approximate surface area is 187 Å². The zero-order valence-corrected chi connectivity index (χ0v) is 17.2. The normalized spacial score (nSPS) is 15.4. The van der Waals surface area contributed by atoms with Crippen LogP contribution in [0, 0.1) is 0 Å². The van der Waals surface area contributed by atoms with Gasteiger partial charge in [-0.15, -0.1) is 0 Å². The molecule has 0 N–H and O–H groups in total. The molecule has 34 heavy (non-hydrogen) atoms. The maximum Gasteiger partial charge on any atom is 0.411 e. The lowest BCUT2D eigenvalue weighted by Crippen LogP contribution is -2.64. The van der Waals surface area contributed by atoms with E-state index >= 15 is 0 Å². The van der Waals surface area contributed by atoms with Crippen LogP contribution >= 0.6 is 0 Å². The Morgan fingerprint density at radius 2 is 1.50 bits per heavy atom. The van der Waals surface area contributed by atoms with E-state index in [-0.39, 0.29) is 11.7 Å². The first-order valence-corrected chi connectivity index (χ1v) is 9.74. The minimum absolute atomic E-state index is 0.252. The topological polar surface area (TPSA) is 119 Å². The molecule has 1 aliphatic carbocycles. The summed E-state index contributed by atoms with van der Waals surface area (Å²) in [5.41, 5.74) is -0.252. The summed E-state index contributed by atoms with van der Waals surface area (Å²) < 4.78 is 93.1. The fraction of sp³-hybridized carbons (Fsp3) is 0.500. The van der Waals surface area contributed by atoms with Crippen molar-refractivity contribution in [3.63, 3.8) is 0 Å². The van der Waals surface area contributed by atoms with Crippen molar-refractivity contribution in [2.24, 2.45) is 0 Å². The van der Waals surface area contributed by atoms with E-state index < -0.39 is 54.0 Å². The highest BCUT2D eigenvalue weighted by molar-refractivity contribution is 5.94. The van der Waals surface area contributed by atoms with Crippen molar-refractivity contribution in [3.8, 4) is 5.75 Å². The van der Waals surface area contributed by atoms with Crippen molar-refractivity contribution < 1.29 is 64.8 Å². The molecule has 0 bridgehead atoms. The second kappa shape index (κ2) is 10.3. The number of aliphatic carboxylic acids is 1. The molecule has 0 radical (unpaired) electrons. The van der Waals surface area contributed by atoms with Crippen LogP contribution in [0.1, 0.15) is 42.5 Å². The Bertz CT molecular complexity index is 943. The van der Waals surface area contributed by atoms with Crippen LogP contribution in [0.3, 0.4) is 0 Å². The van der Waals surface area contributed by atoms with Crippen LogP contribution in [0.25, 0.3) is 0 Å². The lowest BCUT2D eigenvalue weighted by atomic mass is 9.98. The van der Waals surface area contributed by atoms with Gasteiger partial charge in [0.05, 0.1) is 0 Å². The number of carboxylic acid groups (broad SMARTS) is 1. The molecule has 1 aliphatic rings. The average molecular weight is 499 g/mol. The van der Waals surface area contributed by atoms with Crippen LogP contribution in [0.2, 0.25) is 0 Å². The summed E-state index contributed by atoms with van der Waals surface area (Å²) >= 11 is 0. The fourth-order valence-electron chi connectivity index (χ4n) is 2.94. The van der Waals surface area contributed by atoms with Crippen LogP contribution in [0.5, 0.6) is 5.75 Å². The number of para-hydroxylation sites is 1. The summed E-state index contributed by atoms with van der Waals surface area (Å²) in [4.78, 5) is 45.5. The van der Waals surface area contributed by atoms with Gasteiger partial charge < -0.3 is 24.1 Å². The van der Waals surface area contributed by atoms with Crippen LogP contribution in [-0.2, 0) is 23.9 Å². The molecule has 0 heterocycles. The minimum Gasteiger partial charge on any atom is -0.544 e. The first-order chi connectivity index (χ1) is 15.7. The molecular formula is C20H17F6O8-. The maximum absolute atomic E-state index is 13.5. The molecule has 1 aromatic rings. The number of carbonyl (C=O) groups excluding carboxylic acids is 4. The molecule has 0 atom stereocenters. The molecule has 1 saturated carbocycles. The Hall–Kier alpha value is -3.32. The third kappa shape index (κ3) is 5.59. The van der Waals surface area contributed by atoms with Gasteiger partial charge in [-0.05, 0) is 37.8 Å². The van der Waals surface area contributed by atoms with Gasteiger partial charge in [-0.2, -0.15) is 26.3 Å². The smallest absolute Gasteiger partial charge is 0.411 e. The highest BCUT2D eigenvalue weighted by Gasteiger charge is 2.76. The molecule has 8 nitrogen and oxygen atoms in total. The van der Waals surface area contributed by atoms with Gasteiger partial charge in [0.1, 0.15) is 23.4 Å². The van der Waals surface area contributed by atoms with Crippen LogP contribution in [-0.4, -0.2) is 54.4 Å². The number of ether oxygens (including phenoxy) is 3. The first-order valence-electron chi connectivity index (χ1n) is 9.74. The number of esters is 3. The lowest BCUT2D eigenvalue weighted by Gasteiger charge is -2.31. The molecule has 1 fully saturated rings. The van der Waals surface area contributed by atoms with Gasteiger partial charge in [0, 0.05) is 0 Å². The summed E-state index contributed by atoms with van der Waals surface area (Å²) in [6.45, 7) is -1.76. The second-order valence-electron chi connectivity index (χ2n) is 7.22. The molecule has 2 rings (SSSR count). The predicted octanol–water partition coefficient (Wildman–Crippen LogP) is 2.28. The molecule has 1 aromatic carbocycles. The summed E-state index contributed by atoms with van der Waals surface area (Å²) in [7, 11) is 0. The summed E-state index contributed by atoms with van der Waals surface area (Å²) in [6, 6.07) is 4.99. The quantitative estimate of drug-likeness (QED) is 0.289. The summed E-state index contributed by atoms with van der Waals surface area (Å²) in [6.07, 6.45) is 3.56. The van der Waals surface area contributed by atoms with Crippen molar-refractivity contribution in [1.29, 1.82) is 0 Å². The van der Waals surface area contributed by atoms with Gasteiger partial charge >= 0.3 is 35.7 Å². The van der Waals surface area contributed by atoms with Crippen molar-refractivity contribution >= 4 is 23.9 Å². The van der Waals surface area contributed by atoms with Crippen LogP contribution < -0.4 is 9.84 Å². The SMILES string of the molecule is O=C(COC(=O)C(F)(F)C(F)(F)C(F)(F)C(=O)[O-])Oc1ccccc1C(=O)OC1CCCCC1. The standard InChI is InChI=1S/C20H18F6O8/c21-18(22,16(29)30)20(25,26)19(23,24)17(31)32-10-14(27)34-13-9-5-4-8-12(13)15(28)33-11-6-2-1-3-7-11/h4-5,8-9,11H,1-3,6-7,10H2,(H,29,30)/p-1. The molecule has 14 heteroatoms. The second-order valence-corrected chi connectivity index (χ2v) is 7.22. The number of alkyl halides is 6. The number of halogens is 6. The third-order valence-corrected chi connectivity index (χ3v) is 4.78. The molecule has 0 amide bonds. The number of carbonyl (C=O) groups is 4. The van der Waals surface area contributed by atoms with Gasteiger partial charge in [-0.3, -0.25) is 0 Å². The van der Waals surface area contributed by atoms with E-state index in [9.17, 15) is 50.6 Å². The van der Waals surface area contributed by atoms with Gasteiger partial charge in [0.2, 0.25) is 0 Å². The maximum atomic E-state index is 13.5. The van der Waals surface area contributed by atoms with E-state index in [4.69, 9.17) is 9.47 Å². The summed E-state index contributed by atoms with van der Waals surface area (Å²) in [5, 5.41) is 10.1. The summed E-state index contributed by atoms with van der Waals surface area (Å²) in [5.74, 6) is -29.7. The van der Waals surface area contributed by atoms with Crippen LogP contribution in [0.15, 0.2) is 24.3 Å². The molecule has 0 aromatic heterocycles. The zero-order chi connectivity index (χ0) is 25.7. The Kier molecular flexibility index (Phi) is 8.16. The average Bonchev–Trinajstić information content (AvgIpc) is 2.78. The van der Waals surface area contributed by atoms with Crippen molar-refractivity contribution in [2.75, 3.05) is 6.61 Å². The monoisotopic (exact) mass is 499 g/mol. The van der Waals surface area contributed by atoms with E-state index in [1.807, 2.05) is 0 Å². The third-order valence-electron chi connectivity index (χ3n) is 4.78. The van der Waals surface area contributed by atoms with Gasteiger partial charge in [0.15, 0.2) is 6.61 Å². The Morgan fingerprint density at radius 3 is 2.09 bits per heavy atom. The molecule has 0 spiro atoms. The zero-order valence-electron chi connectivity index (χ0n) is 17.2. The van der Waals surface area contributed by atoms with E-state index in [1.165, 1.54) is 18.2 Å². The number of hydrogen-bond donors (Lipinski definition) is 0. The van der Waals surface area contributed by atoms with E-state index in [0.29, 0.717) is 12.8 Å². The van der Waals surface area contributed by atoms with Crippen molar-refractivity contribution in [1.82, 2.24) is 0 Å². The minimum atomic E-state index is -6.74. The number of rotatable bonds is 9. The van der Waals surface area contributed by atoms with Gasteiger partial charge in [-0.1, -0.05) is 18.6 Å². The molecule has 0 unspecified atom stereocenters. The molecule has 0 aliphatic heterocycles. The Morgan fingerprint density at radius 1 is 0.912 bits per heavy atom. The fourth-order valence-corrected chi connectivity index (χ4v) is 2.94. The van der Waals surface area contributed by atoms with Crippen LogP contribution in [0.4, 0.5) is 26.3 Å². The largest absolute Gasteiger partial charge is 0.544 e. The van der Waals surface area contributed by atoms with Gasteiger partial charge in [-0.25, -0.2) is 14.4 Å². The number of hydrogen-bond acceptors (Lipinski definition) is 8. The number of benzene rings is 1.